The van der Waals surface area contributed by atoms with Crippen LogP contribution < -0.4 is 5.32 Å². The lowest BCUT2D eigenvalue weighted by Gasteiger charge is -2.18. The van der Waals surface area contributed by atoms with Crippen LogP contribution in [0.1, 0.15) is 47.8 Å². The molecule has 2 rings (SSSR count). The fourth-order valence-electron chi connectivity index (χ4n) is 2.35. The zero-order valence-electron chi connectivity index (χ0n) is 14.6. The van der Waals surface area contributed by atoms with Crippen molar-refractivity contribution in [3.05, 3.63) is 77.0 Å². The maximum absolute atomic E-state index is 12.2. The van der Waals surface area contributed by atoms with Gasteiger partial charge in [0, 0.05) is 23.5 Å². The van der Waals surface area contributed by atoms with E-state index < -0.39 is 0 Å². The molecule has 0 bridgehead atoms. The van der Waals surface area contributed by atoms with Gasteiger partial charge >= 0.3 is 0 Å². The lowest BCUT2D eigenvalue weighted by Crippen LogP contribution is -2.11. The van der Waals surface area contributed by atoms with E-state index in [0.29, 0.717) is 5.56 Å². The summed E-state index contributed by atoms with van der Waals surface area (Å²) >= 11 is 0. The van der Waals surface area contributed by atoms with E-state index in [1.807, 2.05) is 36.4 Å². The highest BCUT2D eigenvalue weighted by Gasteiger charge is 2.13. The first-order chi connectivity index (χ1) is 10.8. The highest BCUT2D eigenvalue weighted by molar-refractivity contribution is 6.04. The number of nitrogens with one attached hydrogen (secondary N) is 1. The minimum Gasteiger partial charge on any atom is -0.361 e. The molecule has 120 valence electrons. The lowest BCUT2D eigenvalue weighted by atomic mass is 9.86. The van der Waals surface area contributed by atoms with Crippen molar-refractivity contribution >= 4 is 11.5 Å². The molecule has 23 heavy (non-hydrogen) atoms. The number of aryl methyl sites for hydroxylation is 1. The van der Waals surface area contributed by atoms with Crippen LogP contribution in [0, 0.1) is 13.8 Å². The van der Waals surface area contributed by atoms with Crippen LogP contribution in [-0.2, 0) is 5.41 Å². The summed E-state index contributed by atoms with van der Waals surface area (Å²) in [5.74, 6) is 0.00302. The van der Waals surface area contributed by atoms with Gasteiger partial charge in [-0.2, -0.15) is 0 Å². The Morgan fingerprint density at radius 2 is 1.65 bits per heavy atom. The lowest BCUT2D eigenvalue weighted by molar-refractivity contribution is 0.104. The second-order valence-electron chi connectivity index (χ2n) is 6.92. The van der Waals surface area contributed by atoms with Gasteiger partial charge in [0.25, 0.3) is 0 Å². The van der Waals surface area contributed by atoms with E-state index in [2.05, 4.69) is 46.0 Å². The summed E-state index contributed by atoms with van der Waals surface area (Å²) in [6.45, 7) is 10.6. The molecule has 2 aromatic carbocycles. The van der Waals surface area contributed by atoms with Crippen molar-refractivity contribution in [2.75, 3.05) is 5.32 Å². The van der Waals surface area contributed by atoms with E-state index in [4.69, 9.17) is 0 Å². The van der Waals surface area contributed by atoms with Gasteiger partial charge in [-0.25, -0.2) is 0 Å². The Labute approximate surface area is 139 Å². The van der Waals surface area contributed by atoms with Gasteiger partial charge in [0.15, 0.2) is 5.78 Å². The van der Waals surface area contributed by atoms with Gasteiger partial charge in [-0.1, -0.05) is 57.2 Å². The monoisotopic (exact) mass is 307 g/mol. The standard InChI is InChI=1S/C21H25NO/c1-15-7-6-8-19(16(15)2)22-14-13-20(23)17-9-11-18(12-10-17)21(3,4)5/h6-14,22H,1-5H3. The summed E-state index contributed by atoms with van der Waals surface area (Å²) in [5.41, 5.74) is 5.48. The van der Waals surface area contributed by atoms with Gasteiger partial charge in [-0.3, -0.25) is 4.79 Å². The second kappa shape index (κ2) is 6.82. The molecule has 0 unspecified atom stereocenters. The van der Waals surface area contributed by atoms with E-state index >= 15 is 0 Å². The van der Waals surface area contributed by atoms with Crippen molar-refractivity contribution in [3.8, 4) is 0 Å². The maximum Gasteiger partial charge on any atom is 0.187 e. The largest absolute Gasteiger partial charge is 0.361 e. The molecular formula is C21H25NO. The van der Waals surface area contributed by atoms with Gasteiger partial charge in [0.1, 0.15) is 0 Å². The smallest absolute Gasteiger partial charge is 0.187 e. The Morgan fingerprint density at radius 1 is 1.00 bits per heavy atom. The van der Waals surface area contributed by atoms with Crippen LogP contribution in [0.25, 0.3) is 0 Å². The van der Waals surface area contributed by atoms with Crippen LogP contribution in [0.4, 0.5) is 5.69 Å². The molecule has 2 heteroatoms. The van der Waals surface area contributed by atoms with Crippen LogP contribution in [0.3, 0.4) is 0 Å². The molecular weight excluding hydrogens is 282 g/mol. The van der Waals surface area contributed by atoms with Crippen molar-refractivity contribution in [2.45, 2.75) is 40.0 Å². The second-order valence-corrected chi connectivity index (χ2v) is 6.92. The van der Waals surface area contributed by atoms with Crippen molar-refractivity contribution in [1.82, 2.24) is 0 Å². The Balaban J connectivity index is 2.05. The minimum absolute atomic E-state index is 0.00302. The number of hydrogen-bond acceptors (Lipinski definition) is 2. The Bertz CT molecular complexity index is 718. The van der Waals surface area contributed by atoms with Gasteiger partial charge in [-0.05, 0) is 42.0 Å². The average Bonchev–Trinajstić information content (AvgIpc) is 2.50. The van der Waals surface area contributed by atoms with Crippen LogP contribution in [0.5, 0.6) is 0 Å². The van der Waals surface area contributed by atoms with E-state index in [0.717, 1.165) is 5.69 Å². The number of ketones is 1. The molecule has 0 aliphatic heterocycles. The van der Waals surface area contributed by atoms with Crippen molar-refractivity contribution < 1.29 is 4.79 Å². The molecule has 0 saturated carbocycles. The van der Waals surface area contributed by atoms with E-state index in [1.54, 1.807) is 12.3 Å². The summed E-state index contributed by atoms with van der Waals surface area (Å²) in [6, 6.07) is 13.9. The summed E-state index contributed by atoms with van der Waals surface area (Å²) in [6.07, 6.45) is 3.29. The molecule has 0 heterocycles. The molecule has 2 aromatic rings. The molecule has 0 fully saturated rings. The normalized spacial score (nSPS) is 11.7. The minimum atomic E-state index is 0.00302. The topological polar surface area (TPSA) is 29.1 Å². The number of benzene rings is 2. The predicted molar refractivity (Wildman–Crippen MR) is 98.2 cm³/mol. The number of anilines is 1. The quantitative estimate of drug-likeness (QED) is 0.604. The Hall–Kier alpha value is -2.35. The number of rotatable bonds is 4. The molecule has 0 radical (unpaired) electrons. The molecule has 0 aromatic heterocycles. The summed E-state index contributed by atoms with van der Waals surface area (Å²) in [5, 5.41) is 3.19. The Morgan fingerprint density at radius 3 is 2.26 bits per heavy atom. The zero-order chi connectivity index (χ0) is 17.0. The van der Waals surface area contributed by atoms with Gasteiger partial charge < -0.3 is 5.32 Å². The summed E-state index contributed by atoms with van der Waals surface area (Å²) in [7, 11) is 0. The van der Waals surface area contributed by atoms with Crippen molar-refractivity contribution in [3.63, 3.8) is 0 Å². The van der Waals surface area contributed by atoms with Crippen LogP contribution >= 0.6 is 0 Å². The highest BCUT2D eigenvalue weighted by atomic mass is 16.1. The number of allylic oxidation sites excluding steroid dienone is 1. The third-order valence-electron chi connectivity index (χ3n) is 4.11. The third kappa shape index (κ3) is 4.32. The molecule has 0 aliphatic rings. The first-order valence-electron chi connectivity index (χ1n) is 7.93. The zero-order valence-corrected chi connectivity index (χ0v) is 14.6. The fourth-order valence-corrected chi connectivity index (χ4v) is 2.35. The van der Waals surface area contributed by atoms with Crippen molar-refractivity contribution in [1.29, 1.82) is 0 Å². The van der Waals surface area contributed by atoms with Crippen LogP contribution in [-0.4, -0.2) is 5.78 Å². The first-order valence-corrected chi connectivity index (χ1v) is 7.93. The van der Waals surface area contributed by atoms with Gasteiger partial charge in [0.05, 0.1) is 0 Å². The summed E-state index contributed by atoms with van der Waals surface area (Å²) in [4.78, 5) is 12.2. The molecule has 1 N–H and O–H groups in total. The average molecular weight is 307 g/mol. The van der Waals surface area contributed by atoms with Gasteiger partial charge in [0.2, 0.25) is 0 Å². The summed E-state index contributed by atoms with van der Waals surface area (Å²) < 4.78 is 0. The van der Waals surface area contributed by atoms with Crippen LogP contribution in [0.2, 0.25) is 0 Å². The maximum atomic E-state index is 12.2. The van der Waals surface area contributed by atoms with E-state index in [-0.39, 0.29) is 11.2 Å². The van der Waals surface area contributed by atoms with Crippen LogP contribution in [0.15, 0.2) is 54.7 Å². The third-order valence-corrected chi connectivity index (χ3v) is 4.11. The first kappa shape index (κ1) is 17.0. The highest BCUT2D eigenvalue weighted by Crippen LogP contribution is 2.22. The molecule has 0 aliphatic carbocycles. The van der Waals surface area contributed by atoms with Crippen molar-refractivity contribution in [2.24, 2.45) is 0 Å². The Kier molecular flexibility index (Phi) is 5.05. The number of hydrogen-bond donors (Lipinski definition) is 1. The predicted octanol–water partition coefficient (Wildman–Crippen LogP) is 5.41. The van der Waals surface area contributed by atoms with E-state index in [9.17, 15) is 4.79 Å². The molecule has 0 amide bonds. The SMILES string of the molecule is Cc1cccc(NC=CC(=O)c2ccc(C(C)(C)C)cc2)c1C. The molecule has 0 saturated heterocycles. The number of carbonyl (C=O) groups is 1. The number of carbonyl (C=O) groups excluding carboxylic acids is 1. The fraction of sp³-hybridized carbons (Fsp3) is 0.286. The molecule has 2 nitrogen and oxygen atoms in total. The van der Waals surface area contributed by atoms with E-state index in [1.165, 1.54) is 16.7 Å². The van der Waals surface area contributed by atoms with Gasteiger partial charge in [-0.15, -0.1) is 0 Å². The molecule has 0 spiro atoms. The molecule has 0 atom stereocenters.